The molecule has 0 amide bonds. The minimum Gasteiger partial charge on any atom is -0.489 e. The van der Waals surface area contributed by atoms with Gasteiger partial charge in [0.1, 0.15) is 18.2 Å². The quantitative estimate of drug-likeness (QED) is 0.715. The molecule has 0 unspecified atom stereocenters. The highest BCUT2D eigenvalue weighted by atomic mass is 16.5. The van der Waals surface area contributed by atoms with E-state index in [9.17, 15) is 0 Å². The molecule has 0 spiro atoms. The largest absolute Gasteiger partial charge is 0.489 e. The first-order valence-electron chi connectivity index (χ1n) is 8.13. The maximum absolute atomic E-state index is 5.93. The van der Waals surface area contributed by atoms with Crippen LogP contribution in [0.15, 0.2) is 60.9 Å². The van der Waals surface area contributed by atoms with Gasteiger partial charge in [0, 0.05) is 12.7 Å². The first kappa shape index (κ1) is 16.9. The van der Waals surface area contributed by atoms with Gasteiger partial charge in [-0.3, -0.25) is 4.98 Å². The maximum atomic E-state index is 5.93. The van der Waals surface area contributed by atoms with Crippen LogP contribution in [-0.2, 0) is 17.8 Å². The molecule has 1 heterocycles. The smallest absolute Gasteiger partial charge is 0.141 e. The van der Waals surface area contributed by atoms with Gasteiger partial charge in [-0.05, 0) is 29.7 Å². The van der Waals surface area contributed by atoms with Crippen LogP contribution in [0.5, 0.6) is 5.75 Å². The Morgan fingerprint density at radius 1 is 0.960 bits per heavy atom. The van der Waals surface area contributed by atoms with E-state index in [0.717, 1.165) is 35.6 Å². The SMILES string of the molecule is COCCc1ccc(OCc2ccccc2-c2cnc(N)cn2)cc1. The molecule has 5 nitrogen and oxygen atoms in total. The van der Waals surface area contributed by atoms with Crippen molar-refractivity contribution in [2.24, 2.45) is 0 Å². The zero-order chi connectivity index (χ0) is 17.5. The van der Waals surface area contributed by atoms with Crippen LogP contribution in [-0.4, -0.2) is 23.7 Å². The van der Waals surface area contributed by atoms with Crippen LogP contribution in [0.1, 0.15) is 11.1 Å². The molecule has 3 aromatic rings. The van der Waals surface area contributed by atoms with Crippen molar-refractivity contribution in [3.63, 3.8) is 0 Å². The fourth-order valence-corrected chi connectivity index (χ4v) is 2.51. The van der Waals surface area contributed by atoms with Crippen molar-refractivity contribution in [3.8, 4) is 17.0 Å². The molecule has 3 rings (SSSR count). The van der Waals surface area contributed by atoms with Crippen LogP contribution in [0.25, 0.3) is 11.3 Å². The Bertz CT molecular complexity index is 802. The summed E-state index contributed by atoms with van der Waals surface area (Å²) in [4.78, 5) is 8.46. The highest BCUT2D eigenvalue weighted by Crippen LogP contribution is 2.23. The van der Waals surface area contributed by atoms with Gasteiger partial charge in [0.2, 0.25) is 0 Å². The lowest BCUT2D eigenvalue weighted by Crippen LogP contribution is -2.00. The molecule has 0 atom stereocenters. The van der Waals surface area contributed by atoms with E-state index in [1.54, 1.807) is 19.5 Å². The Morgan fingerprint density at radius 2 is 1.76 bits per heavy atom. The number of aromatic nitrogens is 2. The van der Waals surface area contributed by atoms with Crippen molar-refractivity contribution in [1.82, 2.24) is 9.97 Å². The molecule has 0 radical (unpaired) electrons. The van der Waals surface area contributed by atoms with Crippen LogP contribution in [0.2, 0.25) is 0 Å². The second kappa shape index (κ2) is 8.26. The van der Waals surface area contributed by atoms with Crippen molar-refractivity contribution < 1.29 is 9.47 Å². The Balaban J connectivity index is 1.70. The lowest BCUT2D eigenvalue weighted by atomic mass is 10.1. The van der Waals surface area contributed by atoms with Gasteiger partial charge in [-0.1, -0.05) is 36.4 Å². The molecule has 0 fully saturated rings. The van der Waals surface area contributed by atoms with Gasteiger partial charge in [0.15, 0.2) is 0 Å². The van der Waals surface area contributed by atoms with Crippen molar-refractivity contribution in [2.45, 2.75) is 13.0 Å². The predicted molar refractivity (Wildman–Crippen MR) is 98.2 cm³/mol. The monoisotopic (exact) mass is 335 g/mol. The molecule has 1 aromatic heterocycles. The van der Waals surface area contributed by atoms with Gasteiger partial charge in [0.05, 0.1) is 24.7 Å². The summed E-state index contributed by atoms with van der Waals surface area (Å²) in [6.07, 6.45) is 4.14. The number of nitrogens with two attached hydrogens (primary N) is 1. The van der Waals surface area contributed by atoms with Gasteiger partial charge < -0.3 is 15.2 Å². The molecular weight excluding hydrogens is 314 g/mol. The third-order valence-corrected chi connectivity index (χ3v) is 3.88. The molecule has 5 heteroatoms. The molecule has 2 N–H and O–H groups in total. The number of nitrogen functional groups attached to an aromatic ring is 1. The standard InChI is InChI=1S/C20H21N3O2/c1-24-11-10-15-6-8-17(9-7-15)25-14-16-4-2-3-5-18(16)19-12-23-20(21)13-22-19/h2-9,12-13H,10-11,14H2,1H3,(H2,21,23). The summed E-state index contributed by atoms with van der Waals surface area (Å²) in [5, 5.41) is 0. The van der Waals surface area contributed by atoms with E-state index in [1.165, 1.54) is 5.56 Å². The van der Waals surface area contributed by atoms with Crippen molar-refractivity contribution in [1.29, 1.82) is 0 Å². The number of hydrogen-bond acceptors (Lipinski definition) is 5. The molecule has 0 aliphatic heterocycles. The summed E-state index contributed by atoms with van der Waals surface area (Å²) in [5.41, 5.74) is 9.66. The average Bonchev–Trinajstić information content (AvgIpc) is 2.66. The topological polar surface area (TPSA) is 70.3 Å². The normalized spacial score (nSPS) is 10.6. The van der Waals surface area contributed by atoms with Crippen LogP contribution < -0.4 is 10.5 Å². The van der Waals surface area contributed by atoms with Gasteiger partial charge in [-0.15, -0.1) is 0 Å². The summed E-state index contributed by atoms with van der Waals surface area (Å²) in [5.74, 6) is 1.24. The van der Waals surface area contributed by atoms with E-state index < -0.39 is 0 Å². The minimum atomic E-state index is 0.408. The zero-order valence-electron chi connectivity index (χ0n) is 14.2. The van der Waals surface area contributed by atoms with Gasteiger partial charge in [0.25, 0.3) is 0 Å². The fourth-order valence-electron chi connectivity index (χ4n) is 2.51. The van der Waals surface area contributed by atoms with E-state index in [0.29, 0.717) is 12.4 Å². The number of anilines is 1. The number of methoxy groups -OCH3 is 1. The summed E-state index contributed by atoms with van der Waals surface area (Å²) in [7, 11) is 1.71. The zero-order valence-corrected chi connectivity index (χ0v) is 14.2. The second-order valence-corrected chi connectivity index (χ2v) is 5.66. The van der Waals surface area contributed by atoms with Crippen LogP contribution in [0.4, 0.5) is 5.82 Å². The molecule has 0 aliphatic carbocycles. The van der Waals surface area contributed by atoms with E-state index in [-0.39, 0.29) is 0 Å². The van der Waals surface area contributed by atoms with Crippen molar-refractivity contribution in [3.05, 3.63) is 72.1 Å². The van der Waals surface area contributed by atoms with Crippen molar-refractivity contribution >= 4 is 5.82 Å². The number of benzene rings is 2. The third kappa shape index (κ3) is 4.55. The van der Waals surface area contributed by atoms with Gasteiger partial charge in [-0.2, -0.15) is 0 Å². The average molecular weight is 335 g/mol. The number of nitrogens with zero attached hydrogens (tertiary/aromatic N) is 2. The van der Waals surface area contributed by atoms with E-state index in [4.69, 9.17) is 15.2 Å². The summed E-state index contributed by atoms with van der Waals surface area (Å²) in [6.45, 7) is 1.18. The van der Waals surface area contributed by atoms with Crippen LogP contribution in [0, 0.1) is 0 Å². The molecule has 0 bridgehead atoms. The number of hydrogen-bond donors (Lipinski definition) is 1. The lowest BCUT2D eigenvalue weighted by molar-refractivity contribution is 0.202. The molecular formula is C20H21N3O2. The molecule has 0 saturated heterocycles. The molecule has 128 valence electrons. The van der Waals surface area contributed by atoms with Gasteiger partial charge in [-0.25, -0.2) is 4.98 Å². The highest BCUT2D eigenvalue weighted by Gasteiger charge is 2.07. The highest BCUT2D eigenvalue weighted by molar-refractivity contribution is 5.63. The van der Waals surface area contributed by atoms with E-state index >= 15 is 0 Å². The molecule has 2 aromatic carbocycles. The predicted octanol–water partition coefficient (Wildman–Crippen LogP) is 3.49. The molecule has 0 aliphatic rings. The lowest BCUT2D eigenvalue weighted by Gasteiger charge is -2.11. The van der Waals surface area contributed by atoms with E-state index in [2.05, 4.69) is 22.1 Å². The Labute approximate surface area is 147 Å². The fraction of sp³-hybridized carbons (Fsp3) is 0.200. The summed E-state index contributed by atoms with van der Waals surface area (Å²) in [6, 6.07) is 16.1. The maximum Gasteiger partial charge on any atom is 0.141 e. The minimum absolute atomic E-state index is 0.408. The Morgan fingerprint density at radius 3 is 2.48 bits per heavy atom. The summed E-state index contributed by atoms with van der Waals surface area (Å²) < 4.78 is 11.0. The Kier molecular flexibility index (Phi) is 5.59. The van der Waals surface area contributed by atoms with Crippen LogP contribution >= 0.6 is 0 Å². The second-order valence-electron chi connectivity index (χ2n) is 5.66. The first-order chi connectivity index (χ1) is 12.3. The number of rotatable bonds is 7. The van der Waals surface area contributed by atoms with E-state index in [1.807, 2.05) is 36.4 Å². The first-order valence-corrected chi connectivity index (χ1v) is 8.13. The summed E-state index contributed by atoms with van der Waals surface area (Å²) >= 11 is 0. The van der Waals surface area contributed by atoms with Crippen molar-refractivity contribution in [2.75, 3.05) is 19.5 Å². The Hall–Kier alpha value is -2.92. The number of ether oxygens (including phenoxy) is 2. The molecule has 0 saturated carbocycles. The van der Waals surface area contributed by atoms with Gasteiger partial charge >= 0.3 is 0 Å². The van der Waals surface area contributed by atoms with Crippen LogP contribution in [0.3, 0.4) is 0 Å². The molecule has 25 heavy (non-hydrogen) atoms. The third-order valence-electron chi connectivity index (χ3n) is 3.88.